The van der Waals surface area contributed by atoms with Crippen molar-refractivity contribution in [2.24, 2.45) is 5.10 Å². The highest BCUT2D eigenvalue weighted by Gasteiger charge is 2.25. The molecule has 1 aliphatic heterocycles. The van der Waals surface area contributed by atoms with Gasteiger partial charge in [-0.15, -0.1) is 10.2 Å². The summed E-state index contributed by atoms with van der Waals surface area (Å²) in [4.78, 5) is 0.763. The summed E-state index contributed by atoms with van der Waals surface area (Å²) in [6.45, 7) is 4.15. The normalized spacial score (nSPS) is 15.6. The topological polar surface area (TPSA) is 52.3 Å². The molecular weight excluding hydrogens is 358 g/mol. The maximum absolute atomic E-state index is 12.9. The van der Waals surface area contributed by atoms with E-state index in [-0.39, 0.29) is 0 Å². The fourth-order valence-corrected chi connectivity index (χ4v) is 3.19. The zero-order chi connectivity index (χ0) is 17.3. The minimum absolute atomic E-state index is 0.294. The van der Waals surface area contributed by atoms with Crippen LogP contribution in [0.3, 0.4) is 0 Å². The average Bonchev–Trinajstić information content (AvgIpc) is 2.93. The van der Waals surface area contributed by atoms with Gasteiger partial charge in [0.2, 0.25) is 11.0 Å². The van der Waals surface area contributed by atoms with E-state index in [0.717, 1.165) is 15.1 Å². The van der Waals surface area contributed by atoms with Crippen molar-refractivity contribution in [1.29, 1.82) is 0 Å². The predicted octanol–water partition coefficient (Wildman–Crippen LogP) is 4.64. The molecule has 1 aromatic heterocycles. The number of nitrogens with zero attached hydrogens (tertiary/aromatic N) is 4. The molecule has 2 aromatic rings. The number of hydrogen-bond acceptors (Lipinski definition) is 5. The molecule has 1 aromatic carbocycles. The summed E-state index contributed by atoms with van der Waals surface area (Å²) < 4.78 is 32.4. The lowest BCUT2D eigenvalue weighted by Crippen LogP contribution is -2.09. The highest BCUT2D eigenvalue weighted by molar-refractivity contribution is 8.04. The van der Waals surface area contributed by atoms with Crippen molar-refractivity contribution >= 4 is 35.2 Å². The van der Waals surface area contributed by atoms with Crippen LogP contribution in [0.25, 0.3) is 6.08 Å². The molecule has 0 radical (unpaired) electrons. The Morgan fingerprint density at radius 1 is 1.38 bits per heavy atom. The number of hydrogen-bond donors (Lipinski definition) is 0. The molecule has 126 valence electrons. The summed E-state index contributed by atoms with van der Waals surface area (Å²) >= 11 is 7.28. The molecule has 9 heteroatoms. The first-order valence-corrected chi connectivity index (χ1v) is 8.30. The van der Waals surface area contributed by atoms with Crippen molar-refractivity contribution in [3.8, 4) is 5.75 Å². The third kappa shape index (κ3) is 3.29. The van der Waals surface area contributed by atoms with Gasteiger partial charge < -0.3 is 4.74 Å². The van der Waals surface area contributed by atoms with Gasteiger partial charge in [0.15, 0.2) is 0 Å². The largest absolute Gasteiger partial charge is 0.493 e. The van der Waals surface area contributed by atoms with Crippen molar-refractivity contribution in [3.63, 3.8) is 0 Å². The summed E-state index contributed by atoms with van der Waals surface area (Å²) in [6.07, 6.45) is -0.882. The van der Waals surface area contributed by atoms with Gasteiger partial charge >= 0.3 is 0 Å². The molecule has 0 saturated carbocycles. The van der Waals surface area contributed by atoms with Crippen LogP contribution in [-0.2, 0) is 0 Å². The Labute approximate surface area is 146 Å². The second-order valence-corrected chi connectivity index (χ2v) is 6.31. The van der Waals surface area contributed by atoms with E-state index in [1.807, 2.05) is 13.0 Å². The monoisotopic (exact) mass is 370 g/mol. The Morgan fingerprint density at radius 3 is 2.88 bits per heavy atom. The summed E-state index contributed by atoms with van der Waals surface area (Å²) in [5, 5.41) is 12.3. The smallest absolute Gasteiger partial charge is 0.299 e. The summed E-state index contributed by atoms with van der Waals surface area (Å²) in [5.74, 6) is 0.219. The van der Waals surface area contributed by atoms with Crippen LogP contribution < -0.4 is 4.74 Å². The SMILES string of the molecule is CCOc1ccc(Cl)cc1/C=C1\Sc2nnc(C(F)F)n2N=C1C. The molecular formula is C15H13ClF2N4OS. The van der Waals surface area contributed by atoms with Gasteiger partial charge in [0.05, 0.1) is 12.3 Å². The van der Waals surface area contributed by atoms with Crippen molar-refractivity contribution in [2.75, 3.05) is 6.61 Å². The van der Waals surface area contributed by atoms with E-state index in [4.69, 9.17) is 16.3 Å². The molecule has 0 atom stereocenters. The number of allylic oxidation sites excluding steroid dienone is 1. The first kappa shape index (κ1) is 16.9. The summed E-state index contributed by atoms with van der Waals surface area (Å²) in [5.41, 5.74) is 1.36. The number of alkyl halides is 2. The fourth-order valence-electron chi connectivity index (χ4n) is 2.14. The fraction of sp³-hybridized carbons (Fsp3) is 0.267. The lowest BCUT2D eigenvalue weighted by Gasteiger charge is -2.15. The molecule has 0 saturated heterocycles. The lowest BCUT2D eigenvalue weighted by atomic mass is 10.1. The third-order valence-corrected chi connectivity index (χ3v) is 4.50. The van der Waals surface area contributed by atoms with E-state index in [9.17, 15) is 8.78 Å². The van der Waals surface area contributed by atoms with Crippen LogP contribution in [0.1, 0.15) is 31.7 Å². The van der Waals surface area contributed by atoms with Gasteiger partial charge in [0.25, 0.3) is 6.43 Å². The van der Waals surface area contributed by atoms with Crippen molar-refractivity contribution in [1.82, 2.24) is 14.9 Å². The molecule has 5 nitrogen and oxygen atoms in total. The first-order chi connectivity index (χ1) is 11.5. The highest BCUT2D eigenvalue weighted by atomic mass is 35.5. The van der Waals surface area contributed by atoms with E-state index >= 15 is 0 Å². The molecule has 0 unspecified atom stereocenters. The van der Waals surface area contributed by atoms with Gasteiger partial charge in [-0.2, -0.15) is 9.78 Å². The van der Waals surface area contributed by atoms with Crippen molar-refractivity contribution < 1.29 is 13.5 Å². The third-order valence-electron chi connectivity index (χ3n) is 3.20. The standard InChI is InChI=1S/C15H13ClF2N4OS/c1-3-23-11-5-4-10(16)6-9(11)7-12-8(2)21-22-14(13(17)18)19-20-15(22)24-12/h4-7,13H,3H2,1-2H3/b12-7-. The van der Waals surface area contributed by atoms with Gasteiger partial charge in [0, 0.05) is 15.5 Å². The number of halogens is 3. The lowest BCUT2D eigenvalue weighted by molar-refractivity contribution is 0.135. The number of thioether (sulfide) groups is 1. The van der Waals surface area contributed by atoms with Crippen LogP contribution in [0.15, 0.2) is 33.4 Å². The molecule has 0 fully saturated rings. The number of benzene rings is 1. The van der Waals surface area contributed by atoms with E-state index in [2.05, 4.69) is 15.3 Å². The maximum atomic E-state index is 12.9. The van der Waals surface area contributed by atoms with Gasteiger partial charge in [-0.1, -0.05) is 11.6 Å². The van der Waals surface area contributed by atoms with Crippen LogP contribution in [0.2, 0.25) is 5.02 Å². The number of ether oxygens (including phenoxy) is 1. The van der Waals surface area contributed by atoms with Gasteiger partial charge in [-0.3, -0.25) is 0 Å². The van der Waals surface area contributed by atoms with Gasteiger partial charge in [-0.25, -0.2) is 8.78 Å². The zero-order valence-electron chi connectivity index (χ0n) is 12.8. The van der Waals surface area contributed by atoms with E-state index in [1.165, 1.54) is 11.8 Å². The van der Waals surface area contributed by atoms with Crippen molar-refractivity contribution in [2.45, 2.75) is 25.4 Å². The molecule has 2 heterocycles. The molecule has 0 N–H and O–H groups in total. The van der Waals surface area contributed by atoms with Crippen LogP contribution >= 0.6 is 23.4 Å². The quantitative estimate of drug-likeness (QED) is 0.786. The van der Waals surface area contributed by atoms with Crippen LogP contribution in [-0.4, -0.2) is 27.2 Å². The zero-order valence-corrected chi connectivity index (χ0v) is 14.4. The van der Waals surface area contributed by atoms with E-state index < -0.39 is 12.2 Å². The highest BCUT2D eigenvalue weighted by Crippen LogP contribution is 2.36. The Morgan fingerprint density at radius 2 is 2.17 bits per heavy atom. The minimum Gasteiger partial charge on any atom is -0.493 e. The van der Waals surface area contributed by atoms with Gasteiger partial charge in [0.1, 0.15) is 5.75 Å². The first-order valence-electron chi connectivity index (χ1n) is 7.11. The van der Waals surface area contributed by atoms with Crippen LogP contribution in [0, 0.1) is 0 Å². The maximum Gasteiger partial charge on any atom is 0.299 e. The second-order valence-electron chi connectivity index (χ2n) is 4.86. The Hall–Kier alpha value is -1.93. The number of aromatic nitrogens is 3. The summed E-state index contributed by atoms with van der Waals surface area (Å²) in [6, 6.07) is 5.31. The van der Waals surface area contributed by atoms with E-state index in [1.54, 1.807) is 25.1 Å². The van der Waals surface area contributed by atoms with Crippen LogP contribution in [0.5, 0.6) is 5.75 Å². The number of rotatable bonds is 4. The van der Waals surface area contributed by atoms with E-state index in [0.29, 0.717) is 28.2 Å². The molecule has 0 aliphatic carbocycles. The molecule has 1 aliphatic rings. The molecule has 0 spiro atoms. The van der Waals surface area contributed by atoms with Crippen molar-refractivity contribution in [3.05, 3.63) is 39.5 Å². The average molecular weight is 371 g/mol. The number of fused-ring (bicyclic) bond motifs is 1. The Kier molecular flexibility index (Phi) is 4.86. The molecule has 24 heavy (non-hydrogen) atoms. The molecule has 0 bridgehead atoms. The van der Waals surface area contributed by atoms with Crippen LogP contribution in [0.4, 0.5) is 8.78 Å². The minimum atomic E-state index is -2.73. The molecule has 3 rings (SSSR count). The Bertz CT molecular complexity index is 835. The van der Waals surface area contributed by atoms with Gasteiger partial charge in [-0.05, 0) is 49.9 Å². The second kappa shape index (κ2) is 6.90. The summed E-state index contributed by atoms with van der Waals surface area (Å²) in [7, 11) is 0. The Balaban J connectivity index is 2.00. The molecule has 0 amide bonds. The predicted molar refractivity (Wildman–Crippen MR) is 89.9 cm³/mol.